The maximum absolute atomic E-state index is 5.84. The molecule has 0 unspecified atom stereocenters. The van der Waals surface area contributed by atoms with E-state index in [0.29, 0.717) is 5.88 Å². The van der Waals surface area contributed by atoms with Crippen LogP contribution in [-0.4, -0.2) is 4.98 Å². The van der Waals surface area contributed by atoms with E-state index in [1.165, 1.54) is 9.75 Å². The van der Waals surface area contributed by atoms with Crippen LogP contribution >= 0.6 is 34.3 Å². The number of aryl methyl sites for hydroxylation is 1. The Bertz CT molecular complexity index is 392. The number of hydrogen-bond acceptors (Lipinski definition) is 3. The van der Waals surface area contributed by atoms with Crippen LogP contribution in [-0.2, 0) is 5.88 Å². The molecule has 0 N–H and O–H groups in total. The Balaban J connectivity index is 2.50. The van der Waals surface area contributed by atoms with Crippen LogP contribution < -0.4 is 0 Å². The number of aromatic nitrogens is 1. The molecule has 1 nitrogen and oxygen atoms in total. The third-order valence-electron chi connectivity index (χ3n) is 1.68. The molecule has 2 aromatic heterocycles. The van der Waals surface area contributed by atoms with E-state index in [9.17, 15) is 0 Å². The smallest absolute Gasteiger partial charge is 0.0958 e. The van der Waals surface area contributed by atoms with Crippen molar-refractivity contribution in [3.63, 3.8) is 0 Å². The fourth-order valence-corrected chi connectivity index (χ4v) is 3.06. The Labute approximate surface area is 90.0 Å². The number of thiophene rings is 1. The second-order valence-electron chi connectivity index (χ2n) is 2.62. The van der Waals surface area contributed by atoms with Crippen molar-refractivity contribution < 1.29 is 0 Å². The highest BCUT2D eigenvalue weighted by atomic mass is 35.5. The van der Waals surface area contributed by atoms with Crippen LogP contribution in [0, 0.1) is 6.92 Å². The maximum Gasteiger partial charge on any atom is 0.0958 e. The van der Waals surface area contributed by atoms with Crippen molar-refractivity contribution in [3.05, 3.63) is 27.4 Å². The zero-order chi connectivity index (χ0) is 9.26. The van der Waals surface area contributed by atoms with Gasteiger partial charge in [0.15, 0.2) is 0 Å². The maximum atomic E-state index is 5.84. The van der Waals surface area contributed by atoms with E-state index in [2.05, 4.69) is 16.4 Å². The third-order valence-corrected chi connectivity index (χ3v) is 3.95. The highest BCUT2D eigenvalue weighted by Crippen LogP contribution is 2.31. The second kappa shape index (κ2) is 3.78. The minimum Gasteiger partial charge on any atom is -0.240 e. The van der Waals surface area contributed by atoms with Crippen molar-refractivity contribution >= 4 is 34.3 Å². The molecule has 0 saturated heterocycles. The van der Waals surface area contributed by atoms with Crippen molar-refractivity contribution in [1.29, 1.82) is 0 Å². The highest BCUT2D eigenvalue weighted by Gasteiger charge is 2.10. The molecule has 0 aromatic carbocycles. The van der Waals surface area contributed by atoms with Gasteiger partial charge >= 0.3 is 0 Å². The summed E-state index contributed by atoms with van der Waals surface area (Å²) < 4.78 is 0. The molecule has 2 heterocycles. The lowest BCUT2D eigenvalue weighted by atomic mass is 10.3. The zero-order valence-electron chi connectivity index (χ0n) is 7.08. The van der Waals surface area contributed by atoms with Crippen LogP contribution in [0.3, 0.4) is 0 Å². The van der Waals surface area contributed by atoms with Crippen molar-refractivity contribution in [3.8, 4) is 10.6 Å². The fraction of sp³-hybridized carbons (Fsp3) is 0.222. The van der Waals surface area contributed by atoms with E-state index in [1.807, 2.05) is 13.0 Å². The van der Waals surface area contributed by atoms with E-state index in [1.54, 1.807) is 22.7 Å². The van der Waals surface area contributed by atoms with Crippen LogP contribution in [0.4, 0.5) is 0 Å². The van der Waals surface area contributed by atoms with Crippen LogP contribution in [0.1, 0.15) is 9.88 Å². The number of alkyl halides is 1. The van der Waals surface area contributed by atoms with E-state index in [0.717, 1.165) is 10.7 Å². The molecule has 0 aliphatic rings. The lowest BCUT2D eigenvalue weighted by Gasteiger charge is -1.92. The van der Waals surface area contributed by atoms with Crippen LogP contribution in [0.2, 0.25) is 0 Å². The Morgan fingerprint density at radius 3 is 3.00 bits per heavy atom. The first-order chi connectivity index (χ1) is 6.31. The van der Waals surface area contributed by atoms with Crippen molar-refractivity contribution in [2.75, 3.05) is 0 Å². The minimum absolute atomic E-state index is 0.554. The molecular weight excluding hydrogens is 222 g/mol. The molecule has 13 heavy (non-hydrogen) atoms. The van der Waals surface area contributed by atoms with Gasteiger partial charge in [-0.15, -0.1) is 34.3 Å². The predicted molar refractivity (Wildman–Crippen MR) is 59.7 cm³/mol. The molecule has 4 heteroatoms. The topological polar surface area (TPSA) is 12.9 Å². The molecule has 0 bridgehead atoms. The monoisotopic (exact) mass is 229 g/mol. The largest absolute Gasteiger partial charge is 0.240 e. The summed E-state index contributed by atoms with van der Waals surface area (Å²) in [7, 11) is 0. The Hall–Kier alpha value is -0.380. The summed E-state index contributed by atoms with van der Waals surface area (Å²) in [4.78, 5) is 6.84. The van der Waals surface area contributed by atoms with Gasteiger partial charge in [0, 0.05) is 4.88 Å². The average Bonchev–Trinajstić information content (AvgIpc) is 2.71. The van der Waals surface area contributed by atoms with Gasteiger partial charge in [-0.1, -0.05) is 6.07 Å². The number of hydrogen-bond donors (Lipinski definition) is 0. The van der Waals surface area contributed by atoms with Gasteiger partial charge in [0.2, 0.25) is 0 Å². The molecule has 0 spiro atoms. The molecule has 68 valence electrons. The minimum atomic E-state index is 0.554. The Morgan fingerprint density at radius 1 is 1.54 bits per heavy atom. The lowest BCUT2D eigenvalue weighted by molar-refractivity contribution is 1.29. The van der Waals surface area contributed by atoms with E-state index in [-0.39, 0.29) is 0 Å². The molecule has 0 saturated carbocycles. The summed E-state index contributed by atoms with van der Waals surface area (Å²) in [6.45, 7) is 2.01. The van der Waals surface area contributed by atoms with Crippen molar-refractivity contribution in [2.24, 2.45) is 0 Å². The molecule has 0 atom stereocenters. The van der Waals surface area contributed by atoms with Gasteiger partial charge in [-0.3, -0.25) is 0 Å². The third kappa shape index (κ3) is 1.77. The van der Waals surface area contributed by atoms with Crippen molar-refractivity contribution in [2.45, 2.75) is 12.8 Å². The summed E-state index contributed by atoms with van der Waals surface area (Å²) in [6, 6.07) is 4.11. The Kier molecular flexibility index (Phi) is 2.67. The van der Waals surface area contributed by atoms with Gasteiger partial charge in [-0.05, 0) is 18.4 Å². The first kappa shape index (κ1) is 9.19. The average molecular weight is 230 g/mol. The number of rotatable bonds is 2. The van der Waals surface area contributed by atoms with Gasteiger partial charge in [0.05, 0.1) is 21.5 Å². The van der Waals surface area contributed by atoms with Gasteiger partial charge in [0.25, 0.3) is 0 Å². The molecule has 0 amide bonds. The molecule has 0 aliphatic carbocycles. The Morgan fingerprint density at radius 2 is 2.38 bits per heavy atom. The van der Waals surface area contributed by atoms with E-state index >= 15 is 0 Å². The van der Waals surface area contributed by atoms with Gasteiger partial charge in [-0.25, -0.2) is 4.98 Å². The van der Waals surface area contributed by atoms with Gasteiger partial charge in [-0.2, -0.15) is 0 Å². The van der Waals surface area contributed by atoms with Crippen molar-refractivity contribution in [1.82, 2.24) is 4.98 Å². The van der Waals surface area contributed by atoms with Gasteiger partial charge < -0.3 is 0 Å². The van der Waals surface area contributed by atoms with Gasteiger partial charge in [0.1, 0.15) is 0 Å². The van der Waals surface area contributed by atoms with E-state index in [4.69, 9.17) is 11.6 Å². The molecule has 0 aliphatic heterocycles. The zero-order valence-corrected chi connectivity index (χ0v) is 9.47. The SMILES string of the molecule is Cc1nc(-c2cccs2)c(CCl)s1. The number of nitrogens with zero attached hydrogens (tertiary/aromatic N) is 1. The van der Waals surface area contributed by atoms with E-state index < -0.39 is 0 Å². The summed E-state index contributed by atoms with van der Waals surface area (Å²) in [5.41, 5.74) is 1.06. The first-order valence-corrected chi connectivity index (χ1v) is 6.10. The number of halogens is 1. The lowest BCUT2D eigenvalue weighted by Crippen LogP contribution is -1.77. The standard InChI is InChI=1S/C9H8ClNS2/c1-6-11-9(8(5-10)13-6)7-3-2-4-12-7/h2-4H,5H2,1H3. The quantitative estimate of drug-likeness (QED) is 0.712. The second-order valence-corrected chi connectivity index (χ2v) is 5.12. The summed E-state index contributed by atoms with van der Waals surface area (Å²) in [5.74, 6) is 0.554. The molecule has 0 fully saturated rings. The fourth-order valence-electron chi connectivity index (χ4n) is 1.17. The van der Waals surface area contributed by atoms with Crippen LogP contribution in [0.5, 0.6) is 0 Å². The summed E-state index contributed by atoms with van der Waals surface area (Å²) >= 11 is 9.22. The first-order valence-electron chi connectivity index (χ1n) is 3.87. The highest BCUT2D eigenvalue weighted by molar-refractivity contribution is 7.15. The molecule has 0 radical (unpaired) electrons. The molecular formula is C9H8ClNS2. The number of thiazole rings is 1. The summed E-state index contributed by atoms with van der Waals surface area (Å²) in [6.07, 6.45) is 0. The van der Waals surface area contributed by atoms with Crippen LogP contribution in [0.25, 0.3) is 10.6 Å². The summed E-state index contributed by atoms with van der Waals surface area (Å²) in [5, 5.41) is 3.14. The van der Waals surface area contributed by atoms with Crippen LogP contribution in [0.15, 0.2) is 17.5 Å². The normalized spacial score (nSPS) is 10.6. The molecule has 2 rings (SSSR count). The predicted octanol–water partition coefficient (Wildman–Crippen LogP) is 3.92. The molecule has 2 aromatic rings.